The van der Waals surface area contributed by atoms with Crippen molar-refractivity contribution in [3.8, 4) is 0 Å². The van der Waals surface area contributed by atoms with Crippen LogP contribution in [0.5, 0.6) is 0 Å². The third-order valence-corrected chi connectivity index (χ3v) is 7.93. The van der Waals surface area contributed by atoms with Crippen LogP contribution in [-0.4, -0.2) is 35.8 Å². The zero-order valence-electron chi connectivity index (χ0n) is 28.4. The number of anilines is 1. The zero-order valence-corrected chi connectivity index (χ0v) is 28.4. The summed E-state index contributed by atoms with van der Waals surface area (Å²) in [7, 11) is 0. The highest BCUT2D eigenvalue weighted by molar-refractivity contribution is 6.34. The molecule has 1 aliphatic heterocycles. The van der Waals surface area contributed by atoms with Crippen molar-refractivity contribution in [1.29, 1.82) is 0 Å². The molecule has 250 valence electrons. The molecule has 0 saturated carbocycles. The van der Waals surface area contributed by atoms with Crippen molar-refractivity contribution in [3.05, 3.63) is 113 Å². The number of rotatable bonds is 20. The van der Waals surface area contributed by atoms with Gasteiger partial charge in [-0.15, -0.1) is 0 Å². The van der Waals surface area contributed by atoms with Crippen molar-refractivity contribution in [2.45, 2.75) is 85.0 Å². The number of carbonyl (C=O) groups excluding carboxylic acids is 3. The second-order valence-corrected chi connectivity index (χ2v) is 11.6. The summed E-state index contributed by atoms with van der Waals surface area (Å²) in [4.78, 5) is 40.5. The standard InChI is InChI=1S/C40H52N4O3/c1-4-5-6-7-8-9-10-11-12-13-14-15-16-17-18-19-20-25-38(45)41-28-29-42-39(46)27-26-33-31(2)37(43-32(33)3)30-35-34-23-21-22-24-36(34)44-40(35)47/h5-6,8-9,11-12,14-15,17-18,21-24,30,43H,4,7,10,13,16,19-20,25-29H2,1-3H3,(H,41,45)(H,42,46)(H,44,47). The second kappa shape index (κ2) is 21.2. The van der Waals surface area contributed by atoms with Gasteiger partial charge in [0.2, 0.25) is 11.8 Å². The Kier molecular flexibility index (Phi) is 16.6. The Labute approximate surface area is 281 Å². The van der Waals surface area contributed by atoms with Gasteiger partial charge in [-0.05, 0) is 88.5 Å². The molecule has 0 atom stereocenters. The third kappa shape index (κ3) is 13.3. The summed E-state index contributed by atoms with van der Waals surface area (Å²) < 4.78 is 0. The van der Waals surface area contributed by atoms with Crippen LogP contribution in [0.3, 0.4) is 0 Å². The van der Waals surface area contributed by atoms with Gasteiger partial charge in [-0.2, -0.15) is 0 Å². The summed E-state index contributed by atoms with van der Waals surface area (Å²) in [5.74, 6) is -0.164. The highest BCUT2D eigenvalue weighted by atomic mass is 16.2. The molecule has 2 heterocycles. The van der Waals surface area contributed by atoms with E-state index in [2.05, 4.69) is 88.6 Å². The fourth-order valence-electron chi connectivity index (χ4n) is 5.33. The minimum Gasteiger partial charge on any atom is -0.359 e. The Morgan fingerprint density at radius 1 is 0.766 bits per heavy atom. The number of hydrogen-bond donors (Lipinski definition) is 4. The molecule has 0 spiro atoms. The summed E-state index contributed by atoms with van der Waals surface area (Å²) >= 11 is 0. The van der Waals surface area contributed by atoms with Crippen LogP contribution in [-0.2, 0) is 20.8 Å². The third-order valence-electron chi connectivity index (χ3n) is 7.93. The Morgan fingerprint density at radius 3 is 1.98 bits per heavy atom. The highest BCUT2D eigenvalue weighted by Crippen LogP contribution is 2.33. The molecule has 0 saturated heterocycles. The molecule has 0 radical (unpaired) electrons. The number of benzene rings is 1. The summed E-state index contributed by atoms with van der Waals surface area (Å²) in [6.45, 7) is 6.96. The van der Waals surface area contributed by atoms with E-state index >= 15 is 0 Å². The number of aromatic amines is 1. The maximum Gasteiger partial charge on any atom is 0.256 e. The van der Waals surface area contributed by atoms with Crippen LogP contribution in [0.25, 0.3) is 11.6 Å². The van der Waals surface area contributed by atoms with Crippen LogP contribution in [0.1, 0.15) is 92.8 Å². The lowest BCUT2D eigenvalue weighted by atomic mass is 10.0. The molecule has 3 rings (SSSR count). The lowest BCUT2D eigenvalue weighted by molar-refractivity contribution is -0.122. The minimum absolute atomic E-state index is 0.00499. The van der Waals surface area contributed by atoms with Gasteiger partial charge in [-0.25, -0.2) is 0 Å². The maximum absolute atomic E-state index is 12.5. The normalized spacial score (nSPS) is 14.0. The molecule has 1 aliphatic rings. The number of fused-ring (bicyclic) bond motifs is 1. The lowest BCUT2D eigenvalue weighted by Crippen LogP contribution is -2.34. The zero-order chi connectivity index (χ0) is 33.7. The van der Waals surface area contributed by atoms with Gasteiger partial charge in [0.15, 0.2) is 0 Å². The van der Waals surface area contributed by atoms with Crippen LogP contribution in [0, 0.1) is 13.8 Å². The van der Waals surface area contributed by atoms with Gasteiger partial charge in [-0.3, -0.25) is 14.4 Å². The van der Waals surface area contributed by atoms with Crippen molar-refractivity contribution in [1.82, 2.24) is 15.6 Å². The number of aromatic nitrogens is 1. The molecule has 1 aromatic heterocycles. The first-order valence-electron chi connectivity index (χ1n) is 17.0. The van der Waals surface area contributed by atoms with E-state index in [4.69, 9.17) is 0 Å². The fourth-order valence-corrected chi connectivity index (χ4v) is 5.33. The summed E-state index contributed by atoms with van der Waals surface area (Å²) in [5.41, 5.74) is 6.33. The van der Waals surface area contributed by atoms with Gasteiger partial charge in [0, 0.05) is 48.6 Å². The number of para-hydroxylation sites is 1. The quantitative estimate of drug-likeness (QED) is 0.0669. The molecule has 0 aliphatic carbocycles. The SMILES string of the molecule is CCC=CCC=CCC=CCC=CCC=CCCCC(=O)NCCNC(=O)CCc1c(C)[nH]c(C=C2C(=O)Nc3ccccc32)c1C. The van der Waals surface area contributed by atoms with E-state index in [0.29, 0.717) is 37.9 Å². The Morgan fingerprint density at radius 2 is 1.34 bits per heavy atom. The van der Waals surface area contributed by atoms with Crippen LogP contribution >= 0.6 is 0 Å². The number of nitrogens with one attached hydrogen (secondary N) is 4. The number of hydrogen-bond acceptors (Lipinski definition) is 3. The molecule has 0 unspecified atom stereocenters. The molecule has 7 heteroatoms. The Hall–Kier alpha value is -4.65. The number of allylic oxidation sites excluding steroid dienone is 10. The van der Waals surface area contributed by atoms with E-state index in [-0.39, 0.29) is 17.7 Å². The molecule has 3 amide bonds. The number of aryl methyl sites for hydroxylation is 1. The number of amides is 3. The van der Waals surface area contributed by atoms with Gasteiger partial charge in [0.1, 0.15) is 0 Å². The van der Waals surface area contributed by atoms with E-state index in [0.717, 1.165) is 78.7 Å². The number of H-pyrrole nitrogens is 1. The molecule has 1 aromatic carbocycles. The van der Waals surface area contributed by atoms with E-state index in [1.54, 1.807) is 0 Å². The average Bonchev–Trinajstić information content (AvgIpc) is 3.52. The molecule has 0 fully saturated rings. The van der Waals surface area contributed by atoms with Gasteiger partial charge in [0.25, 0.3) is 5.91 Å². The van der Waals surface area contributed by atoms with Crippen molar-refractivity contribution in [2.75, 3.05) is 18.4 Å². The predicted octanol–water partition coefficient (Wildman–Crippen LogP) is 8.21. The second-order valence-electron chi connectivity index (χ2n) is 11.6. The Balaban J connectivity index is 1.23. The van der Waals surface area contributed by atoms with Crippen molar-refractivity contribution < 1.29 is 14.4 Å². The van der Waals surface area contributed by atoms with Crippen LogP contribution in [0.4, 0.5) is 5.69 Å². The van der Waals surface area contributed by atoms with Crippen LogP contribution in [0.2, 0.25) is 0 Å². The highest BCUT2D eigenvalue weighted by Gasteiger charge is 2.24. The fraction of sp³-hybridized carbons (Fsp3) is 0.375. The maximum atomic E-state index is 12.5. The van der Waals surface area contributed by atoms with Gasteiger partial charge in [0.05, 0.1) is 5.57 Å². The smallest absolute Gasteiger partial charge is 0.256 e. The average molecular weight is 637 g/mol. The first-order valence-corrected chi connectivity index (χ1v) is 17.0. The first kappa shape index (κ1) is 36.8. The minimum atomic E-state index is -0.115. The molecule has 47 heavy (non-hydrogen) atoms. The first-order chi connectivity index (χ1) is 22.9. The largest absolute Gasteiger partial charge is 0.359 e. The number of unbranched alkanes of at least 4 members (excludes halogenated alkanes) is 1. The van der Waals surface area contributed by atoms with Gasteiger partial charge < -0.3 is 20.9 Å². The summed E-state index contributed by atoms with van der Waals surface area (Å²) in [6.07, 6.45) is 31.7. The molecule has 0 bridgehead atoms. The van der Waals surface area contributed by atoms with Crippen molar-refractivity contribution >= 4 is 35.1 Å². The number of carbonyl (C=O) groups is 3. The molecule has 2 aromatic rings. The van der Waals surface area contributed by atoms with Crippen LogP contribution < -0.4 is 16.0 Å². The lowest BCUT2D eigenvalue weighted by Gasteiger charge is -2.07. The van der Waals surface area contributed by atoms with Crippen molar-refractivity contribution in [3.63, 3.8) is 0 Å². The van der Waals surface area contributed by atoms with E-state index in [1.165, 1.54) is 0 Å². The monoisotopic (exact) mass is 636 g/mol. The molecule has 4 N–H and O–H groups in total. The predicted molar refractivity (Wildman–Crippen MR) is 196 cm³/mol. The Bertz CT molecular complexity index is 1500. The molecule has 7 nitrogen and oxygen atoms in total. The summed E-state index contributed by atoms with van der Waals surface area (Å²) in [5, 5.41) is 8.69. The van der Waals surface area contributed by atoms with E-state index in [9.17, 15) is 14.4 Å². The van der Waals surface area contributed by atoms with E-state index < -0.39 is 0 Å². The van der Waals surface area contributed by atoms with Gasteiger partial charge in [-0.1, -0.05) is 85.9 Å². The van der Waals surface area contributed by atoms with E-state index in [1.807, 2.05) is 44.2 Å². The molecular weight excluding hydrogens is 584 g/mol. The van der Waals surface area contributed by atoms with Crippen molar-refractivity contribution in [2.24, 2.45) is 0 Å². The molecular formula is C40H52N4O3. The topological polar surface area (TPSA) is 103 Å². The van der Waals surface area contributed by atoms with Gasteiger partial charge >= 0.3 is 0 Å². The summed E-state index contributed by atoms with van der Waals surface area (Å²) in [6, 6.07) is 7.65. The van der Waals surface area contributed by atoms with Crippen LogP contribution in [0.15, 0.2) is 85.0 Å².